The molecule has 0 spiro atoms. The van der Waals surface area contributed by atoms with Crippen molar-refractivity contribution in [3.05, 3.63) is 48.3 Å². The Morgan fingerprint density at radius 1 is 1.35 bits per heavy atom. The van der Waals surface area contributed by atoms with Gasteiger partial charge in [0.05, 0.1) is 22.9 Å². The van der Waals surface area contributed by atoms with Crippen LogP contribution >= 0.6 is 11.6 Å². The van der Waals surface area contributed by atoms with Gasteiger partial charge in [0.25, 0.3) is 0 Å². The lowest BCUT2D eigenvalue weighted by atomic mass is 9.76. The summed E-state index contributed by atoms with van der Waals surface area (Å²) in [7, 11) is 1.79. The minimum Gasteiger partial charge on any atom is -0.378 e. The fraction of sp³-hybridized carbons (Fsp3) is 0.438. The van der Waals surface area contributed by atoms with E-state index in [0.29, 0.717) is 0 Å². The Kier molecular flexibility index (Phi) is 3.81. The summed E-state index contributed by atoms with van der Waals surface area (Å²) in [6, 6.07) is 10.1. The standard InChI is InChI=1S/C16H19ClN2O/c1-20-16(8-5-9-16)10-15(17)13-11-18-19(12-13)14-6-3-2-4-7-14/h2-4,6-7,11-12,15H,5,8-10H2,1H3. The minimum absolute atomic E-state index is 0.0126. The third-order valence-corrected chi connectivity index (χ3v) is 4.64. The lowest BCUT2D eigenvalue weighted by Gasteiger charge is -2.41. The Bertz CT molecular complexity index is 557. The molecule has 3 rings (SSSR count). The predicted octanol–water partition coefficient (Wildman–Crippen LogP) is 4.11. The number of rotatable bonds is 5. The molecule has 106 valence electrons. The van der Waals surface area contributed by atoms with Crippen LogP contribution in [0.5, 0.6) is 0 Å². The van der Waals surface area contributed by atoms with Gasteiger partial charge in [-0.2, -0.15) is 5.10 Å². The normalized spacial score (nSPS) is 18.5. The first-order valence-electron chi connectivity index (χ1n) is 7.02. The SMILES string of the molecule is COC1(CC(Cl)c2cnn(-c3ccccc3)c2)CCC1. The maximum absolute atomic E-state index is 6.55. The lowest BCUT2D eigenvalue weighted by Crippen LogP contribution is -2.39. The zero-order valence-corrected chi connectivity index (χ0v) is 12.4. The van der Waals surface area contributed by atoms with Crippen molar-refractivity contribution in [1.82, 2.24) is 9.78 Å². The lowest BCUT2D eigenvalue weighted by molar-refractivity contribution is -0.0780. The van der Waals surface area contributed by atoms with E-state index < -0.39 is 0 Å². The molecule has 0 bridgehead atoms. The Hall–Kier alpha value is -1.32. The highest BCUT2D eigenvalue weighted by atomic mass is 35.5. The highest BCUT2D eigenvalue weighted by Gasteiger charge is 2.39. The molecule has 1 aromatic carbocycles. The summed E-state index contributed by atoms with van der Waals surface area (Å²) in [5.41, 5.74) is 2.09. The summed E-state index contributed by atoms with van der Waals surface area (Å²) in [6.45, 7) is 0. The molecular formula is C16H19ClN2O. The first kappa shape index (κ1) is 13.7. The van der Waals surface area contributed by atoms with Gasteiger partial charge in [0.2, 0.25) is 0 Å². The highest BCUT2D eigenvalue weighted by Crippen LogP contribution is 2.43. The average molecular weight is 291 g/mol. The van der Waals surface area contributed by atoms with Crippen molar-refractivity contribution < 1.29 is 4.74 Å². The predicted molar refractivity (Wildman–Crippen MR) is 80.4 cm³/mol. The van der Waals surface area contributed by atoms with E-state index >= 15 is 0 Å². The number of methoxy groups -OCH3 is 1. The van der Waals surface area contributed by atoms with Gasteiger partial charge in [0, 0.05) is 18.9 Å². The molecule has 0 N–H and O–H groups in total. The van der Waals surface area contributed by atoms with Gasteiger partial charge in [0.15, 0.2) is 0 Å². The van der Waals surface area contributed by atoms with Crippen LogP contribution in [0.3, 0.4) is 0 Å². The van der Waals surface area contributed by atoms with E-state index in [2.05, 4.69) is 5.10 Å². The Balaban J connectivity index is 1.73. The van der Waals surface area contributed by atoms with Crippen LogP contribution in [0.2, 0.25) is 0 Å². The molecule has 3 nitrogen and oxygen atoms in total. The zero-order valence-electron chi connectivity index (χ0n) is 11.6. The number of hydrogen-bond donors (Lipinski definition) is 0. The second kappa shape index (κ2) is 5.58. The van der Waals surface area contributed by atoms with E-state index in [-0.39, 0.29) is 11.0 Å². The molecule has 0 amide bonds. The van der Waals surface area contributed by atoms with Gasteiger partial charge >= 0.3 is 0 Å². The summed E-state index contributed by atoms with van der Waals surface area (Å²) in [5.74, 6) is 0. The first-order valence-corrected chi connectivity index (χ1v) is 7.45. The van der Waals surface area contributed by atoms with Crippen LogP contribution < -0.4 is 0 Å². The summed E-state index contributed by atoms with van der Waals surface area (Å²) < 4.78 is 7.51. The van der Waals surface area contributed by atoms with E-state index in [1.54, 1.807) is 7.11 Å². The van der Waals surface area contributed by atoms with E-state index in [1.807, 2.05) is 47.4 Å². The molecule has 1 aliphatic rings. The third kappa shape index (κ3) is 2.60. The van der Waals surface area contributed by atoms with Crippen molar-refractivity contribution in [3.8, 4) is 5.69 Å². The Labute approximate surface area is 124 Å². The van der Waals surface area contributed by atoms with Crippen molar-refractivity contribution in [3.63, 3.8) is 0 Å². The van der Waals surface area contributed by atoms with Gasteiger partial charge in [-0.05, 0) is 37.8 Å². The number of halogens is 1. The maximum Gasteiger partial charge on any atom is 0.0696 e. The van der Waals surface area contributed by atoms with Crippen LogP contribution in [-0.4, -0.2) is 22.5 Å². The highest BCUT2D eigenvalue weighted by molar-refractivity contribution is 6.20. The van der Waals surface area contributed by atoms with Crippen molar-refractivity contribution in [1.29, 1.82) is 0 Å². The summed E-state index contributed by atoms with van der Waals surface area (Å²) >= 11 is 6.55. The van der Waals surface area contributed by atoms with E-state index in [9.17, 15) is 0 Å². The summed E-state index contributed by atoms with van der Waals surface area (Å²) in [4.78, 5) is 0. The smallest absolute Gasteiger partial charge is 0.0696 e. The molecule has 1 unspecified atom stereocenters. The number of nitrogens with zero attached hydrogens (tertiary/aromatic N) is 2. The second-order valence-corrected chi connectivity index (χ2v) is 5.99. The molecular weight excluding hydrogens is 272 g/mol. The van der Waals surface area contributed by atoms with E-state index in [1.165, 1.54) is 6.42 Å². The molecule has 1 saturated carbocycles. The summed E-state index contributed by atoms with van der Waals surface area (Å²) in [5, 5.41) is 4.35. The molecule has 0 aliphatic heterocycles. The summed E-state index contributed by atoms with van der Waals surface area (Å²) in [6.07, 6.45) is 8.17. The van der Waals surface area contributed by atoms with Gasteiger partial charge in [-0.3, -0.25) is 0 Å². The van der Waals surface area contributed by atoms with Crippen LogP contribution in [0.15, 0.2) is 42.7 Å². The van der Waals surface area contributed by atoms with Gasteiger partial charge < -0.3 is 4.74 Å². The molecule has 1 aliphatic carbocycles. The molecule has 0 saturated heterocycles. The van der Waals surface area contributed by atoms with Crippen LogP contribution in [0, 0.1) is 0 Å². The molecule has 4 heteroatoms. The molecule has 20 heavy (non-hydrogen) atoms. The van der Waals surface area contributed by atoms with Crippen LogP contribution in [-0.2, 0) is 4.74 Å². The quantitative estimate of drug-likeness (QED) is 0.775. The molecule has 1 heterocycles. The first-order chi connectivity index (χ1) is 9.72. The molecule has 1 fully saturated rings. The fourth-order valence-corrected chi connectivity index (χ4v) is 3.12. The monoisotopic (exact) mass is 290 g/mol. The van der Waals surface area contributed by atoms with Crippen molar-refractivity contribution in [2.24, 2.45) is 0 Å². The number of alkyl halides is 1. The Morgan fingerprint density at radius 2 is 2.10 bits per heavy atom. The van der Waals surface area contributed by atoms with E-state index in [0.717, 1.165) is 30.5 Å². The van der Waals surface area contributed by atoms with Crippen LogP contribution in [0.25, 0.3) is 5.69 Å². The van der Waals surface area contributed by atoms with E-state index in [4.69, 9.17) is 16.3 Å². The largest absolute Gasteiger partial charge is 0.378 e. The van der Waals surface area contributed by atoms with Gasteiger partial charge in [-0.1, -0.05) is 18.2 Å². The number of benzene rings is 1. The van der Waals surface area contributed by atoms with Crippen molar-refractivity contribution in [2.45, 2.75) is 36.7 Å². The topological polar surface area (TPSA) is 27.1 Å². The minimum atomic E-state index is -0.0484. The van der Waals surface area contributed by atoms with Crippen LogP contribution in [0.4, 0.5) is 0 Å². The Morgan fingerprint density at radius 3 is 2.70 bits per heavy atom. The number of ether oxygens (including phenoxy) is 1. The average Bonchev–Trinajstić information content (AvgIpc) is 2.93. The molecule has 0 radical (unpaired) electrons. The second-order valence-electron chi connectivity index (χ2n) is 5.47. The molecule has 1 aromatic heterocycles. The van der Waals surface area contributed by atoms with Gasteiger partial charge in [-0.15, -0.1) is 11.6 Å². The number of aromatic nitrogens is 2. The molecule has 1 atom stereocenters. The maximum atomic E-state index is 6.55. The van der Waals surface area contributed by atoms with Gasteiger partial charge in [0.1, 0.15) is 0 Å². The fourth-order valence-electron chi connectivity index (χ4n) is 2.73. The third-order valence-electron chi connectivity index (χ3n) is 4.23. The number of para-hydroxylation sites is 1. The van der Waals surface area contributed by atoms with Crippen molar-refractivity contribution in [2.75, 3.05) is 7.11 Å². The van der Waals surface area contributed by atoms with Crippen molar-refractivity contribution >= 4 is 11.6 Å². The molecule has 2 aromatic rings. The zero-order chi connectivity index (χ0) is 14.0. The number of hydrogen-bond acceptors (Lipinski definition) is 2. The van der Waals surface area contributed by atoms with Crippen LogP contribution in [0.1, 0.15) is 36.6 Å². The van der Waals surface area contributed by atoms with Gasteiger partial charge in [-0.25, -0.2) is 4.68 Å².